The van der Waals surface area contributed by atoms with Crippen molar-refractivity contribution in [3.8, 4) is 0 Å². The molecule has 0 heterocycles. The predicted octanol–water partition coefficient (Wildman–Crippen LogP) is 4.10. The lowest BCUT2D eigenvalue weighted by Gasteiger charge is -2.40. The summed E-state index contributed by atoms with van der Waals surface area (Å²) in [6.45, 7) is 0. The van der Waals surface area contributed by atoms with Gasteiger partial charge in [0.15, 0.2) is 0 Å². The Morgan fingerprint density at radius 3 is 1.40 bits per heavy atom. The van der Waals surface area contributed by atoms with Gasteiger partial charge in [0, 0.05) is 12.8 Å². The smallest absolute Gasteiger partial charge is 0.132 e. The minimum absolute atomic E-state index is 0.0117. The van der Waals surface area contributed by atoms with Crippen molar-refractivity contribution >= 4 is 5.78 Å². The monoisotopic (exact) mass is 278 g/mol. The molecule has 0 aromatic rings. The van der Waals surface area contributed by atoms with Gasteiger partial charge in [-0.05, 0) is 87.9 Å². The molecule has 0 radical (unpaired) electrons. The molecule has 1 N–H and O–H groups in total. The summed E-state index contributed by atoms with van der Waals surface area (Å²) in [5.41, 5.74) is 0. The highest BCUT2D eigenvalue weighted by Crippen LogP contribution is 2.44. The maximum atomic E-state index is 11.4. The van der Waals surface area contributed by atoms with Crippen molar-refractivity contribution in [2.75, 3.05) is 0 Å². The van der Waals surface area contributed by atoms with E-state index in [1.165, 1.54) is 51.4 Å². The van der Waals surface area contributed by atoms with Crippen molar-refractivity contribution in [2.45, 2.75) is 83.2 Å². The average Bonchev–Trinajstić information content (AvgIpc) is 2.49. The second-order valence-electron chi connectivity index (χ2n) is 7.62. The van der Waals surface area contributed by atoms with Gasteiger partial charge >= 0.3 is 0 Å². The lowest BCUT2D eigenvalue weighted by molar-refractivity contribution is -0.121. The number of carbonyl (C=O) groups is 1. The van der Waals surface area contributed by atoms with Crippen LogP contribution in [0.4, 0.5) is 0 Å². The fourth-order valence-corrected chi connectivity index (χ4v) is 5.09. The van der Waals surface area contributed by atoms with Crippen molar-refractivity contribution in [1.82, 2.24) is 0 Å². The highest BCUT2D eigenvalue weighted by atomic mass is 16.3. The topological polar surface area (TPSA) is 37.3 Å². The van der Waals surface area contributed by atoms with Crippen molar-refractivity contribution in [3.05, 3.63) is 0 Å². The minimum atomic E-state index is -0.0117. The second kappa shape index (κ2) is 6.60. The quantitative estimate of drug-likeness (QED) is 0.825. The third-order valence-electron chi connectivity index (χ3n) is 6.48. The van der Waals surface area contributed by atoms with Gasteiger partial charge in [-0.2, -0.15) is 0 Å². The van der Waals surface area contributed by atoms with Crippen LogP contribution in [-0.2, 0) is 4.79 Å². The summed E-state index contributed by atoms with van der Waals surface area (Å²) < 4.78 is 0. The third-order valence-corrected chi connectivity index (χ3v) is 6.48. The van der Waals surface area contributed by atoms with E-state index in [1.54, 1.807) is 0 Å². The molecule has 3 saturated carbocycles. The lowest BCUT2D eigenvalue weighted by atomic mass is 9.66. The van der Waals surface area contributed by atoms with Crippen LogP contribution in [0, 0.1) is 23.7 Å². The van der Waals surface area contributed by atoms with E-state index in [-0.39, 0.29) is 6.10 Å². The molecular weight excluding hydrogens is 248 g/mol. The first-order valence-electron chi connectivity index (χ1n) is 8.92. The van der Waals surface area contributed by atoms with Gasteiger partial charge in [0.2, 0.25) is 0 Å². The number of hydrogen-bond acceptors (Lipinski definition) is 2. The molecule has 0 saturated heterocycles. The van der Waals surface area contributed by atoms with E-state index in [4.69, 9.17) is 0 Å². The fraction of sp³-hybridized carbons (Fsp3) is 0.944. The molecule has 20 heavy (non-hydrogen) atoms. The van der Waals surface area contributed by atoms with Crippen molar-refractivity contribution in [1.29, 1.82) is 0 Å². The van der Waals surface area contributed by atoms with Crippen LogP contribution in [0.15, 0.2) is 0 Å². The number of rotatable bonds is 2. The first kappa shape index (κ1) is 14.6. The zero-order chi connectivity index (χ0) is 13.9. The summed E-state index contributed by atoms with van der Waals surface area (Å²) in [7, 11) is 0. The van der Waals surface area contributed by atoms with Gasteiger partial charge in [0.05, 0.1) is 6.10 Å². The second-order valence-corrected chi connectivity index (χ2v) is 7.62. The van der Waals surface area contributed by atoms with E-state index >= 15 is 0 Å². The van der Waals surface area contributed by atoms with Crippen LogP contribution in [0.1, 0.15) is 77.0 Å². The highest BCUT2D eigenvalue weighted by Gasteiger charge is 2.34. The normalized spacial score (nSPS) is 40.8. The molecule has 114 valence electrons. The molecule has 0 spiro atoms. The summed E-state index contributed by atoms with van der Waals surface area (Å²) in [6.07, 6.45) is 14.3. The van der Waals surface area contributed by atoms with E-state index in [9.17, 15) is 9.90 Å². The Morgan fingerprint density at radius 1 is 0.600 bits per heavy atom. The molecule has 0 unspecified atom stereocenters. The molecule has 0 aromatic heterocycles. The minimum Gasteiger partial charge on any atom is -0.393 e. The molecule has 2 nitrogen and oxygen atoms in total. The molecule has 0 amide bonds. The number of aliphatic hydroxyl groups excluding tert-OH is 1. The Hall–Kier alpha value is -0.370. The summed E-state index contributed by atoms with van der Waals surface area (Å²) in [4.78, 5) is 11.4. The SMILES string of the molecule is O=C1CCC(C2CCC(C3CCC(O)CC3)CC2)CC1. The maximum absolute atomic E-state index is 11.4. The number of Topliss-reactive ketones (excluding diaryl/α,β-unsaturated/α-hetero) is 1. The van der Waals surface area contributed by atoms with Gasteiger partial charge in [0.25, 0.3) is 0 Å². The van der Waals surface area contributed by atoms with Gasteiger partial charge in [-0.25, -0.2) is 0 Å². The van der Waals surface area contributed by atoms with Crippen LogP contribution in [0.3, 0.4) is 0 Å². The number of carbonyl (C=O) groups excluding carboxylic acids is 1. The lowest BCUT2D eigenvalue weighted by Crippen LogP contribution is -2.30. The molecule has 3 rings (SSSR count). The summed E-state index contributed by atoms with van der Waals surface area (Å²) in [5.74, 6) is 4.09. The number of ketones is 1. The van der Waals surface area contributed by atoms with Crippen LogP contribution < -0.4 is 0 Å². The first-order chi connectivity index (χ1) is 9.72. The molecule has 3 aliphatic carbocycles. The molecule has 0 aliphatic heterocycles. The van der Waals surface area contributed by atoms with E-state index in [1.807, 2.05) is 0 Å². The van der Waals surface area contributed by atoms with Crippen molar-refractivity contribution in [3.63, 3.8) is 0 Å². The summed E-state index contributed by atoms with van der Waals surface area (Å²) in [5, 5.41) is 9.63. The summed E-state index contributed by atoms with van der Waals surface area (Å²) in [6, 6.07) is 0. The number of aliphatic hydroxyl groups is 1. The van der Waals surface area contributed by atoms with Crippen LogP contribution >= 0.6 is 0 Å². The molecule has 2 heteroatoms. The Balaban J connectivity index is 1.44. The molecule has 3 fully saturated rings. The Morgan fingerprint density at radius 2 is 0.950 bits per heavy atom. The van der Waals surface area contributed by atoms with E-state index < -0.39 is 0 Å². The summed E-state index contributed by atoms with van der Waals surface area (Å²) >= 11 is 0. The average molecular weight is 278 g/mol. The molecular formula is C18H30O2. The van der Waals surface area contributed by atoms with E-state index in [2.05, 4.69) is 0 Å². The Kier molecular flexibility index (Phi) is 4.80. The van der Waals surface area contributed by atoms with Crippen LogP contribution in [0.5, 0.6) is 0 Å². The van der Waals surface area contributed by atoms with Gasteiger partial charge < -0.3 is 5.11 Å². The highest BCUT2D eigenvalue weighted by molar-refractivity contribution is 5.79. The standard InChI is InChI=1S/C18H30O2/c19-17-9-5-15(6-10-17)13-1-2-14(4-3-13)16-7-11-18(20)12-8-16/h13-17,19H,1-12H2. The molecule has 0 bridgehead atoms. The third kappa shape index (κ3) is 3.44. The first-order valence-corrected chi connectivity index (χ1v) is 8.92. The fourth-order valence-electron chi connectivity index (χ4n) is 5.09. The van der Waals surface area contributed by atoms with Crippen LogP contribution in [-0.4, -0.2) is 17.0 Å². The maximum Gasteiger partial charge on any atom is 0.132 e. The van der Waals surface area contributed by atoms with E-state index in [0.29, 0.717) is 5.78 Å². The molecule has 0 atom stereocenters. The van der Waals surface area contributed by atoms with Crippen molar-refractivity contribution < 1.29 is 9.90 Å². The number of hydrogen-bond donors (Lipinski definition) is 1. The Labute approximate surface area is 123 Å². The zero-order valence-electron chi connectivity index (χ0n) is 12.7. The van der Waals surface area contributed by atoms with Crippen LogP contribution in [0.2, 0.25) is 0 Å². The van der Waals surface area contributed by atoms with Crippen molar-refractivity contribution in [2.24, 2.45) is 23.7 Å². The van der Waals surface area contributed by atoms with Gasteiger partial charge in [0.1, 0.15) is 5.78 Å². The largest absolute Gasteiger partial charge is 0.393 e. The van der Waals surface area contributed by atoms with Gasteiger partial charge in [-0.15, -0.1) is 0 Å². The van der Waals surface area contributed by atoms with Gasteiger partial charge in [-0.3, -0.25) is 4.79 Å². The van der Waals surface area contributed by atoms with Gasteiger partial charge in [-0.1, -0.05) is 0 Å². The molecule has 0 aromatic carbocycles. The molecule has 3 aliphatic rings. The zero-order valence-corrected chi connectivity index (χ0v) is 12.7. The van der Waals surface area contributed by atoms with E-state index in [0.717, 1.165) is 49.4 Å². The van der Waals surface area contributed by atoms with Crippen LogP contribution in [0.25, 0.3) is 0 Å². The predicted molar refractivity (Wildman–Crippen MR) is 80.4 cm³/mol. The Bertz CT molecular complexity index is 312.